The van der Waals surface area contributed by atoms with Gasteiger partial charge >= 0.3 is 0 Å². The van der Waals surface area contributed by atoms with E-state index in [1.54, 1.807) is 48.8 Å². The number of nitrogens with zero attached hydrogens (tertiary/aromatic N) is 11. The molecule has 2 fully saturated rings. The molecule has 720 valence electrons. The minimum Gasteiger partial charge on any atom is -0.496 e. The summed E-state index contributed by atoms with van der Waals surface area (Å²) in [5, 5.41) is 12.5. The highest BCUT2D eigenvalue weighted by molar-refractivity contribution is 6.19. The van der Waals surface area contributed by atoms with Crippen molar-refractivity contribution in [3.63, 3.8) is 0 Å². The van der Waals surface area contributed by atoms with Crippen LogP contribution in [0.1, 0.15) is 226 Å². The second-order valence-corrected chi connectivity index (χ2v) is 41.1. The molecule has 0 bridgehead atoms. The number of likely N-dealkylation sites (tertiary alicyclic amines) is 2. The maximum atomic E-state index is 12.3. The van der Waals surface area contributed by atoms with Crippen LogP contribution in [-0.2, 0) is 65.0 Å². The molecule has 0 N–H and O–H groups in total. The summed E-state index contributed by atoms with van der Waals surface area (Å²) in [6.07, 6.45) is 19.1. The van der Waals surface area contributed by atoms with Gasteiger partial charge in [-0.15, -0.1) is 0 Å². The molecule has 0 saturated carbocycles. The first kappa shape index (κ1) is 96.7. The van der Waals surface area contributed by atoms with Gasteiger partial charge in [0.25, 0.3) is 0 Å². The number of carbonyl (C=O) groups is 5. The summed E-state index contributed by atoms with van der Waals surface area (Å²) in [6, 6.07) is 50.5. The molecule has 4 aliphatic carbocycles. The van der Waals surface area contributed by atoms with Crippen LogP contribution in [-0.4, -0.2) is 204 Å². The number of Topliss-reactive ketones (excluding diaryl/α,β-unsaturated/α-hetero) is 5. The number of fused-ring (bicyclic) bond motifs is 25. The number of carbonyl (C=O) groups excluding carboxylic acids is 5. The van der Waals surface area contributed by atoms with Crippen LogP contribution in [0.3, 0.4) is 0 Å². The van der Waals surface area contributed by atoms with E-state index in [-0.39, 0.29) is 28.9 Å². The van der Waals surface area contributed by atoms with Crippen LogP contribution >= 0.6 is 0 Å². The van der Waals surface area contributed by atoms with Gasteiger partial charge in [0.15, 0.2) is 28.9 Å². The van der Waals surface area contributed by atoms with E-state index < -0.39 is 0 Å². The molecule has 0 amide bonds. The number of ketones is 5. The first-order valence-electron chi connectivity index (χ1n) is 50.4. The molecule has 10 aromatic carbocycles. The molecule has 2 saturated heterocycles. The van der Waals surface area contributed by atoms with E-state index in [0.29, 0.717) is 34.7 Å². The van der Waals surface area contributed by atoms with Crippen molar-refractivity contribution >= 4 is 166 Å². The lowest BCUT2D eigenvalue weighted by Crippen LogP contribution is -2.26. The summed E-state index contributed by atoms with van der Waals surface area (Å²) in [5.74, 6) is 1.73. The molecular formula is C121H139N11O7. The van der Waals surface area contributed by atoms with Crippen LogP contribution in [0.4, 0.5) is 0 Å². The Morgan fingerprint density at radius 3 is 0.892 bits per heavy atom. The fourth-order valence-corrected chi connectivity index (χ4v) is 24.0. The fourth-order valence-electron chi connectivity index (χ4n) is 24.0. The van der Waals surface area contributed by atoms with E-state index in [9.17, 15) is 24.0 Å². The van der Waals surface area contributed by atoms with Crippen LogP contribution in [0, 0.1) is 0 Å². The molecule has 8 heterocycles. The molecule has 18 nitrogen and oxygen atoms in total. The Morgan fingerprint density at radius 1 is 0.331 bits per heavy atom. The maximum Gasteiger partial charge on any atom is 0.163 e. The van der Waals surface area contributed by atoms with Crippen molar-refractivity contribution in [3.05, 3.63) is 256 Å². The van der Waals surface area contributed by atoms with Crippen molar-refractivity contribution in [2.24, 2.45) is 0 Å². The Labute approximate surface area is 819 Å². The number of methoxy groups -OCH3 is 2. The monoisotopic (exact) mass is 1860 g/mol. The lowest BCUT2D eigenvalue weighted by atomic mass is 10.00. The average Bonchev–Trinajstić information content (AvgIpc) is 1.55. The van der Waals surface area contributed by atoms with Crippen molar-refractivity contribution < 1.29 is 33.4 Å². The third kappa shape index (κ3) is 18.3. The zero-order valence-electron chi connectivity index (χ0n) is 85.0. The van der Waals surface area contributed by atoms with Gasteiger partial charge in [-0.3, -0.25) is 24.0 Å². The lowest BCUT2D eigenvalue weighted by molar-refractivity contribution is 0.100. The highest BCUT2D eigenvalue weighted by Crippen LogP contribution is 2.49. The molecule has 2 atom stereocenters. The van der Waals surface area contributed by atoms with Gasteiger partial charge in [0.1, 0.15) is 11.5 Å². The zero-order chi connectivity index (χ0) is 98.1. The van der Waals surface area contributed by atoms with E-state index in [4.69, 9.17) is 9.47 Å². The maximum absolute atomic E-state index is 12.3. The Balaban J connectivity index is 0.000000115. The third-order valence-electron chi connectivity index (χ3n) is 31.4. The smallest absolute Gasteiger partial charge is 0.163 e. The largest absolute Gasteiger partial charge is 0.496 e. The highest BCUT2D eigenvalue weighted by Gasteiger charge is 2.33. The molecule has 22 rings (SSSR count). The third-order valence-corrected chi connectivity index (χ3v) is 31.4. The normalized spacial score (nSPS) is 16.2. The van der Waals surface area contributed by atoms with Crippen LogP contribution < -0.4 is 9.47 Å². The minimum atomic E-state index is 0.0198. The van der Waals surface area contributed by atoms with Gasteiger partial charge in [0.05, 0.1) is 36.4 Å². The van der Waals surface area contributed by atoms with Gasteiger partial charge in [-0.25, -0.2) is 0 Å². The predicted octanol–water partition coefficient (Wildman–Crippen LogP) is 25.1. The summed E-state index contributed by atoms with van der Waals surface area (Å²) in [7, 11) is 22.5. The number of hydrogen-bond donors (Lipinski definition) is 0. The average molecular weight is 1860 g/mol. The molecule has 18 heteroatoms. The Kier molecular flexibility index (Phi) is 27.8. The van der Waals surface area contributed by atoms with Gasteiger partial charge in [-0.05, 0) is 402 Å². The molecule has 0 spiro atoms. The number of aromatic nitrogens is 5. The summed E-state index contributed by atoms with van der Waals surface area (Å²) >= 11 is 0. The molecular weight excluding hydrogens is 1720 g/mol. The number of aryl methyl sites for hydroxylation is 9. The molecule has 139 heavy (non-hydrogen) atoms. The van der Waals surface area contributed by atoms with Crippen LogP contribution in [0.5, 0.6) is 11.5 Å². The Morgan fingerprint density at radius 2 is 0.612 bits per heavy atom. The van der Waals surface area contributed by atoms with Crippen LogP contribution in [0.25, 0.3) is 137 Å². The number of benzene rings is 10. The van der Waals surface area contributed by atoms with Gasteiger partial charge in [0.2, 0.25) is 0 Å². The fraction of sp³-hybridized carbons (Fsp3) is 0.380. The van der Waals surface area contributed by atoms with Crippen molar-refractivity contribution in [1.29, 1.82) is 0 Å². The molecule has 15 aromatic rings. The van der Waals surface area contributed by atoms with E-state index in [1.807, 2.05) is 42.5 Å². The predicted molar refractivity (Wildman–Crippen MR) is 580 cm³/mol. The quantitative estimate of drug-likeness (QED) is 0.0500. The molecule has 3 aliphatic heterocycles. The second kappa shape index (κ2) is 40.0. The van der Waals surface area contributed by atoms with Crippen molar-refractivity contribution in [1.82, 2.24) is 52.2 Å². The zero-order valence-corrected chi connectivity index (χ0v) is 85.0. The number of rotatable bonds is 25. The Bertz CT molecular complexity index is 7410. The van der Waals surface area contributed by atoms with Crippen molar-refractivity contribution in [2.75, 3.05) is 110 Å². The topological polar surface area (TPSA) is 148 Å². The molecule has 7 aliphatic rings. The van der Waals surface area contributed by atoms with Crippen LogP contribution in [0.2, 0.25) is 0 Å². The number of allylic oxidation sites excluding steroid dienone is 4. The summed E-state index contributed by atoms with van der Waals surface area (Å²) < 4.78 is 23.3. The summed E-state index contributed by atoms with van der Waals surface area (Å²) in [4.78, 5) is 74.4. The minimum absolute atomic E-state index is 0.0198. The molecule has 0 radical (unpaired) electrons. The summed E-state index contributed by atoms with van der Waals surface area (Å²) in [6.45, 7) is 40.7. The first-order valence-corrected chi connectivity index (χ1v) is 50.4. The van der Waals surface area contributed by atoms with Crippen molar-refractivity contribution in [3.8, 4) is 11.5 Å². The van der Waals surface area contributed by atoms with Gasteiger partial charge in [-0.2, -0.15) is 0 Å². The van der Waals surface area contributed by atoms with Crippen LogP contribution in [0.15, 0.2) is 172 Å². The first-order chi connectivity index (χ1) is 66.8. The van der Waals surface area contributed by atoms with Crippen molar-refractivity contribution in [2.45, 2.75) is 195 Å². The number of hydrogen-bond acceptors (Lipinski definition) is 13. The standard InChI is InChI=1S/2C25H28N2O.C24H29N3O2.C24H28N2O2.C23H26N2O/c2*1-16-6-8-21-20(16)9-11-24-25(21)22-15-18(17(2)28)7-10-23(22)27(24)14-12-19-5-4-13-26(19)3;1-15-17-8-9-21-24(20(17)14-26(15)5)19-12-18(16(2)28)23(29-6)13-22(19)27(21)11-7-10-25(3)4;1-15-7-8-18-17(15)9-10-21-24(18)20-13-19(16(2)27)23(28-5)14-22(20)26(21)12-6-11-25(3)4;1-15-6-8-19-18(15)9-11-22-23(19)20-14-17(16(2)26)7-10-21(20)25(22)13-5-12-24(3)4/h2*7,9-11,15,19H,1,4-6,8,12-14H2,2-3H3;8-9,12-13H,1,7,10-11,14H2,2-6H3;9-10,13-14H,1,6-8,11-12H2,2-5H3;7,9-11,14H,1,5-6,8,12-13H2,2-4H3/t19-;;;;/m0..../s1. The van der Waals surface area contributed by atoms with E-state index in [2.05, 4.69) is 246 Å². The second-order valence-electron chi connectivity index (χ2n) is 41.1. The van der Waals surface area contributed by atoms with E-state index in [1.165, 1.54) is 217 Å². The molecule has 1 unspecified atom stereocenters. The van der Waals surface area contributed by atoms with Gasteiger partial charge in [-0.1, -0.05) is 63.2 Å². The number of ether oxygens (including phenoxy) is 2. The van der Waals surface area contributed by atoms with E-state index >= 15 is 0 Å². The van der Waals surface area contributed by atoms with Gasteiger partial charge in [0, 0.05) is 196 Å². The Hall–Kier alpha value is -12.6. The SMILES string of the molecule is C=C1CCc2c1ccc1c2c2cc(C(C)=O)c(OC)cc2n1CCCN(C)C.C=C1CCc2c1ccc1c2c2cc(C(C)=O)ccc2n1CCC1CCCN1C.C=C1CCc2c1ccc1c2c2cc(C(C)=O)ccc2n1CCCN(C)C.C=C1CCc2c1ccc1c2c2cc(C(C)=O)ccc2n1CC[C@@H]1CCCN1C.C=C1c2ccc3c(c2CN1C)c1cc(C(C)=O)c(OC)cc1n3CCCN(C)C. The van der Waals surface area contributed by atoms with E-state index in [0.717, 1.165) is 174 Å². The lowest BCUT2D eigenvalue weighted by Gasteiger charge is -2.20. The molecule has 5 aromatic heterocycles. The summed E-state index contributed by atoms with van der Waals surface area (Å²) in [5.41, 5.74) is 35.4. The highest BCUT2D eigenvalue weighted by atomic mass is 16.5. The van der Waals surface area contributed by atoms with Gasteiger partial charge < -0.3 is 61.7 Å².